The molecular formula is C16H19BrN4O2. The summed E-state index contributed by atoms with van der Waals surface area (Å²) in [4.78, 5) is 18.6. The minimum absolute atomic E-state index is 0.0142. The third-order valence-corrected chi connectivity index (χ3v) is 4.45. The van der Waals surface area contributed by atoms with Crippen molar-refractivity contribution in [2.24, 2.45) is 7.05 Å². The summed E-state index contributed by atoms with van der Waals surface area (Å²) >= 11 is 3.45. The van der Waals surface area contributed by atoms with E-state index < -0.39 is 0 Å². The highest BCUT2D eigenvalue weighted by Crippen LogP contribution is 2.27. The number of fused-ring (bicyclic) bond motifs is 1. The second-order valence-electron chi connectivity index (χ2n) is 5.75. The van der Waals surface area contributed by atoms with Gasteiger partial charge in [-0.15, -0.1) is 5.10 Å². The molecule has 0 bridgehead atoms. The maximum absolute atomic E-state index is 12.3. The van der Waals surface area contributed by atoms with Gasteiger partial charge in [-0.2, -0.15) is 0 Å². The van der Waals surface area contributed by atoms with Crippen molar-refractivity contribution >= 4 is 32.9 Å². The van der Waals surface area contributed by atoms with Gasteiger partial charge in [-0.25, -0.2) is 9.67 Å². The maximum Gasteiger partial charge on any atom is 0.260 e. The lowest BCUT2D eigenvalue weighted by molar-refractivity contribution is -0.133. The number of amides is 1. The van der Waals surface area contributed by atoms with Crippen molar-refractivity contribution in [1.82, 2.24) is 19.7 Å². The van der Waals surface area contributed by atoms with Crippen molar-refractivity contribution in [1.29, 1.82) is 0 Å². The standard InChI is InChI=1S/C16H19BrN4O2/c1-10-7-11(2)18-15-14(10)16(19-20(15)3)23-9-13(22)21-6-4-5-12(17)8-21/h5,7H,4,6,8-9H2,1-3H3. The van der Waals surface area contributed by atoms with Gasteiger partial charge >= 0.3 is 0 Å². The average Bonchev–Trinajstić information content (AvgIpc) is 2.81. The fraction of sp³-hybridized carbons (Fsp3) is 0.438. The number of aryl methyl sites for hydroxylation is 3. The van der Waals surface area contributed by atoms with Crippen LogP contribution in [0.4, 0.5) is 0 Å². The van der Waals surface area contributed by atoms with Crippen LogP contribution >= 0.6 is 15.9 Å². The van der Waals surface area contributed by atoms with Crippen molar-refractivity contribution < 1.29 is 9.53 Å². The lowest BCUT2D eigenvalue weighted by Crippen LogP contribution is -2.38. The molecule has 0 atom stereocenters. The Hall–Kier alpha value is -1.89. The number of rotatable bonds is 3. The SMILES string of the molecule is Cc1cc(C)c2c(OCC(=O)N3CCC=C(Br)C3)nn(C)c2n1. The normalized spacial score (nSPS) is 15.0. The molecule has 1 amide bonds. The molecule has 122 valence electrons. The molecule has 0 fully saturated rings. The minimum Gasteiger partial charge on any atom is -0.466 e. The largest absolute Gasteiger partial charge is 0.466 e. The van der Waals surface area contributed by atoms with Crippen LogP contribution in [0.25, 0.3) is 11.0 Å². The highest BCUT2D eigenvalue weighted by molar-refractivity contribution is 9.11. The van der Waals surface area contributed by atoms with Crippen LogP contribution in [-0.4, -0.2) is 45.3 Å². The lowest BCUT2D eigenvalue weighted by Gasteiger charge is -2.25. The monoisotopic (exact) mass is 378 g/mol. The molecule has 0 unspecified atom stereocenters. The van der Waals surface area contributed by atoms with E-state index in [2.05, 4.69) is 32.1 Å². The Morgan fingerprint density at radius 2 is 2.22 bits per heavy atom. The molecule has 6 nitrogen and oxygen atoms in total. The number of hydrogen-bond donors (Lipinski definition) is 0. The van der Waals surface area contributed by atoms with E-state index in [4.69, 9.17) is 4.74 Å². The summed E-state index contributed by atoms with van der Waals surface area (Å²) in [5.41, 5.74) is 2.76. The number of halogens is 1. The molecule has 0 aliphatic carbocycles. The van der Waals surface area contributed by atoms with Crippen molar-refractivity contribution in [2.45, 2.75) is 20.3 Å². The van der Waals surface area contributed by atoms with E-state index >= 15 is 0 Å². The molecule has 0 spiro atoms. The zero-order valence-electron chi connectivity index (χ0n) is 13.5. The number of pyridine rings is 1. The fourth-order valence-corrected chi connectivity index (χ4v) is 3.32. The van der Waals surface area contributed by atoms with Crippen LogP contribution in [0.1, 0.15) is 17.7 Å². The van der Waals surface area contributed by atoms with Gasteiger partial charge in [0.1, 0.15) is 0 Å². The van der Waals surface area contributed by atoms with E-state index in [0.29, 0.717) is 12.4 Å². The third-order valence-electron chi connectivity index (χ3n) is 3.88. The number of carbonyl (C=O) groups excluding carboxylic acids is 1. The Labute approximate surface area is 143 Å². The van der Waals surface area contributed by atoms with Gasteiger partial charge in [0.2, 0.25) is 5.88 Å². The average molecular weight is 379 g/mol. The van der Waals surface area contributed by atoms with Crippen LogP contribution in [-0.2, 0) is 11.8 Å². The molecule has 0 saturated heterocycles. The van der Waals surface area contributed by atoms with E-state index in [-0.39, 0.29) is 12.5 Å². The predicted molar refractivity (Wildman–Crippen MR) is 91.7 cm³/mol. The number of ether oxygens (including phenoxy) is 1. The second-order valence-corrected chi connectivity index (χ2v) is 6.77. The summed E-state index contributed by atoms with van der Waals surface area (Å²) in [5, 5.41) is 5.23. The van der Waals surface area contributed by atoms with Crippen LogP contribution in [0.2, 0.25) is 0 Å². The smallest absolute Gasteiger partial charge is 0.260 e. The van der Waals surface area contributed by atoms with Crippen molar-refractivity contribution in [2.75, 3.05) is 19.7 Å². The zero-order chi connectivity index (χ0) is 16.6. The van der Waals surface area contributed by atoms with Gasteiger partial charge in [0.05, 0.1) is 11.9 Å². The molecule has 0 N–H and O–H groups in total. The molecule has 23 heavy (non-hydrogen) atoms. The number of nitrogens with zero attached hydrogens (tertiary/aromatic N) is 4. The minimum atomic E-state index is -0.0356. The molecule has 3 rings (SSSR count). The molecule has 0 saturated carbocycles. The molecule has 1 aliphatic rings. The molecule has 0 radical (unpaired) electrons. The van der Waals surface area contributed by atoms with Crippen molar-refractivity contribution in [3.63, 3.8) is 0 Å². The van der Waals surface area contributed by atoms with E-state index in [1.807, 2.05) is 27.0 Å². The lowest BCUT2D eigenvalue weighted by atomic mass is 10.2. The highest BCUT2D eigenvalue weighted by atomic mass is 79.9. The van der Waals surface area contributed by atoms with Crippen LogP contribution in [0, 0.1) is 13.8 Å². The van der Waals surface area contributed by atoms with Gasteiger partial charge in [0.15, 0.2) is 12.3 Å². The number of aromatic nitrogens is 3. The Morgan fingerprint density at radius 1 is 1.43 bits per heavy atom. The van der Waals surface area contributed by atoms with E-state index in [1.54, 1.807) is 9.58 Å². The summed E-state index contributed by atoms with van der Waals surface area (Å²) in [6, 6.07) is 1.99. The van der Waals surface area contributed by atoms with Gasteiger partial charge in [-0.1, -0.05) is 22.0 Å². The summed E-state index contributed by atoms with van der Waals surface area (Å²) in [7, 11) is 1.83. The van der Waals surface area contributed by atoms with Gasteiger partial charge in [-0.05, 0) is 31.9 Å². The first-order valence-electron chi connectivity index (χ1n) is 7.51. The van der Waals surface area contributed by atoms with Gasteiger partial charge in [-0.3, -0.25) is 4.79 Å². The van der Waals surface area contributed by atoms with Crippen LogP contribution in [0.15, 0.2) is 16.6 Å². The molecular weight excluding hydrogens is 360 g/mol. The second kappa shape index (κ2) is 6.31. The quantitative estimate of drug-likeness (QED) is 0.822. The van der Waals surface area contributed by atoms with E-state index in [9.17, 15) is 4.79 Å². The zero-order valence-corrected chi connectivity index (χ0v) is 15.1. The van der Waals surface area contributed by atoms with Gasteiger partial charge in [0.25, 0.3) is 5.91 Å². The molecule has 7 heteroatoms. The summed E-state index contributed by atoms with van der Waals surface area (Å²) in [6.45, 7) is 5.26. The number of carbonyl (C=O) groups is 1. The Kier molecular flexibility index (Phi) is 4.39. The van der Waals surface area contributed by atoms with Crippen molar-refractivity contribution in [3.05, 3.63) is 27.9 Å². The molecule has 2 aromatic rings. The van der Waals surface area contributed by atoms with Gasteiger partial charge < -0.3 is 9.64 Å². The topological polar surface area (TPSA) is 60.2 Å². The highest BCUT2D eigenvalue weighted by Gasteiger charge is 2.20. The Morgan fingerprint density at radius 3 is 2.96 bits per heavy atom. The first kappa shape index (κ1) is 16.0. The first-order chi connectivity index (χ1) is 11.0. The maximum atomic E-state index is 12.3. The summed E-state index contributed by atoms with van der Waals surface area (Å²) in [5.74, 6) is 0.430. The van der Waals surface area contributed by atoms with Crippen LogP contribution < -0.4 is 4.74 Å². The van der Waals surface area contributed by atoms with Gasteiger partial charge in [0, 0.05) is 23.8 Å². The van der Waals surface area contributed by atoms with Crippen molar-refractivity contribution in [3.8, 4) is 5.88 Å². The third kappa shape index (κ3) is 3.24. The Balaban J connectivity index is 1.77. The van der Waals surface area contributed by atoms with E-state index in [1.165, 1.54) is 0 Å². The summed E-state index contributed by atoms with van der Waals surface area (Å²) < 4.78 is 8.44. The number of hydrogen-bond acceptors (Lipinski definition) is 4. The molecule has 3 heterocycles. The van der Waals surface area contributed by atoms with E-state index in [0.717, 1.165) is 39.7 Å². The summed E-state index contributed by atoms with van der Waals surface area (Å²) in [6.07, 6.45) is 2.95. The molecule has 2 aromatic heterocycles. The van der Waals surface area contributed by atoms with Crippen LogP contribution in [0.5, 0.6) is 5.88 Å². The molecule has 0 aromatic carbocycles. The molecule has 1 aliphatic heterocycles. The fourth-order valence-electron chi connectivity index (χ4n) is 2.79. The predicted octanol–water partition coefficient (Wildman–Crippen LogP) is 2.48. The first-order valence-corrected chi connectivity index (χ1v) is 8.31. The van der Waals surface area contributed by atoms with Crippen LogP contribution in [0.3, 0.4) is 0 Å². The Bertz CT molecular complexity index is 797.